The van der Waals surface area contributed by atoms with Crippen molar-refractivity contribution in [3.63, 3.8) is 0 Å². The molecule has 0 aliphatic rings. The van der Waals surface area contributed by atoms with E-state index in [4.69, 9.17) is 34.8 Å². The van der Waals surface area contributed by atoms with Crippen LogP contribution in [0.3, 0.4) is 0 Å². The summed E-state index contributed by atoms with van der Waals surface area (Å²) in [5, 5.41) is 10.6. The summed E-state index contributed by atoms with van der Waals surface area (Å²) >= 11 is 18.1. The molecule has 0 atom stereocenters. The van der Waals surface area contributed by atoms with Crippen LogP contribution in [0.15, 0.2) is 48.7 Å². The second kappa shape index (κ2) is 6.77. The first kappa shape index (κ1) is 16.7. The number of rotatable bonds is 3. The zero-order chi connectivity index (χ0) is 17.3. The number of aromatic carboxylic acids is 1. The molecule has 0 spiro atoms. The van der Waals surface area contributed by atoms with Crippen molar-refractivity contribution in [3.8, 4) is 22.4 Å². The molecule has 1 aromatic heterocycles. The van der Waals surface area contributed by atoms with E-state index in [1.165, 1.54) is 6.20 Å². The van der Waals surface area contributed by atoms with E-state index in [1.54, 1.807) is 42.5 Å². The maximum Gasteiger partial charge on any atom is 0.373 e. The van der Waals surface area contributed by atoms with Gasteiger partial charge in [-0.05, 0) is 35.9 Å². The largest absolute Gasteiger partial charge is 0.475 e. The molecule has 0 saturated carbocycles. The molecule has 1 N–H and O–H groups in total. The third-order valence-corrected chi connectivity index (χ3v) is 4.12. The molecular weight excluding hydrogens is 371 g/mol. The highest BCUT2D eigenvalue weighted by Crippen LogP contribution is 2.35. The maximum absolute atomic E-state index is 11.2. The summed E-state index contributed by atoms with van der Waals surface area (Å²) in [6, 6.07) is 12.0. The number of hydrogen-bond donors (Lipinski definition) is 1. The number of carboxylic acid groups (broad SMARTS) is 1. The predicted molar refractivity (Wildman–Crippen MR) is 94.9 cm³/mol. The van der Waals surface area contributed by atoms with Gasteiger partial charge in [0.15, 0.2) is 0 Å². The van der Waals surface area contributed by atoms with Crippen molar-refractivity contribution in [1.29, 1.82) is 0 Å². The first-order chi connectivity index (χ1) is 11.5. The van der Waals surface area contributed by atoms with Gasteiger partial charge in [-0.3, -0.25) is 0 Å². The average molecular weight is 380 g/mol. The second-order valence-corrected chi connectivity index (χ2v) is 6.17. The lowest BCUT2D eigenvalue weighted by atomic mass is 10.0. The van der Waals surface area contributed by atoms with Crippen molar-refractivity contribution >= 4 is 40.8 Å². The summed E-state index contributed by atoms with van der Waals surface area (Å²) in [6.45, 7) is 0. The molecule has 2 aromatic carbocycles. The molecular formula is C17H9Cl3N2O2. The number of carboxylic acids is 1. The first-order valence-corrected chi connectivity index (χ1v) is 7.91. The van der Waals surface area contributed by atoms with E-state index < -0.39 is 5.97 Å². The Morgan fingerprint density at radius 1 is 0.917 bits per heavy atom. The molecule has 0 unspecified atom stereocenters. The molecule has 1 heterocycles. The van der Waals surface area contributed by atoms with E-state index in [1.807, 2.05) is 0 Å². The Balaban J connectivity index is 2.26. The Kier molecular flexibility index (Phi) is 4.71. The van der Waals surface area contributed by atoms with Crippen molar-refractivity contribution in [3.05, 3.63) is 69.6 Å². The minimum atomic E-state index is -1.22. The van der Waals surface area contributed by atoms with E-state index in [0.29, 0.717) is 31.9 Å². The third kappa shape index (κ3) is 3.36. The Labute approximate surface area is 152 Å². The Bertz CT molecular complexity index is 928. The molecule has 24 heavy (non-hydrogen) atoms. The summed E-state index contributed by atoms with van der Waals surface area (Å²) in [6.07, 6.45) is 1.46. The fourth-order valence-electron chi connectivity index (χ4n) is 2.21. The van der Waals surface area contributed by atoms with Crippen LogP contribution in [-0.4, -0.2) is 21.0 Å². The number of carbonyl (C=O) groups is 1. The van der Waals surface area contributed by atoms with Crippen LogP contribution in [0, 0.1) is 0 Å². The van der Waals surface area contributed by atoms with Gasteiger partial charge in [0, 0.05) is 27.4 Å². The quantitative estimate of drug-likeness (QED) is 0.655. The normalized spacial score (nSPS) is 10.6. The number of hydrogen-bond acceptors (Lipinski definition) is 3. The highest BCUT2D eigenvalue weighted by Gasteiger charge is 2.17. The van der Waals surface area contributed by atoms with Gasteiger partial charge in [0.25, 0.3) is 0 Å². The maximum atomic E-state index is 11.2. The SMILES string of the molecule is O=C(O)c1ncc(-c2ccc(Cl)cc2)c(-c2ccc(Cl)cc2Cl)n1. The van der Waals surface area contributed by atoms with Crippen LogP contribution in [0.1, 0.15) is 10.6 Å². The minimum absolute atomic E-state index is 0.311. The molecule has 120 valence electrons. The van der Waals surface area contributed by atoms with Crippen molar-refractivity contribution in [2.24, 2.45) is 0 Å². The van der Waals surface area contributed by atoms with Crippen molar-refractivity contribution in [2.75, 3.05) is 0 Å². The standard InChI is InChI=1S/C17H9Cl3N2O2/c18-10-3-1-9(2-4-10)13-8-21-16(17(23)24)22-15(13)12-6-5-11(19)7-14(12)20/h1-8H,(H,23,24). The van der Waals surface area contributed by atoms with Crippen LogP contribution in [0.2, 0.25) is 15.1 Å². The predicted octanol–water partition coefficient (Wildman–Crippen LogP) is 5.47. The van der Waals surface area contributed by atoms with Gasteiger partial charge in [-0.2, -0.15) is 0 Å². The van der Waals surface area contributed by atoms with E-state index in [9.17, 15) is 9.90 Å². The van der Waals surface area contributed by atoms with Crippen LogP contribution in [-0.2, 0) is 0 Å². The highest BCUT2D eigenvalue weighted by molar-refractivity contribution is 6.36. The molecule has 0 aliphatic carbocycles. The number of benzene rings is 2. The van der Waals surface area contributed by atoms with Crippen molar-refractivity contribution in [1.82, 2.24) is 9.97 Å². The fraction of sp³-hybridized carbons (Fsp3) is 0. The van der Waals surface area contributed by atoms with E-state index in [2.05, 4.69) is 9.97 Å². The zero-order valence-corrected chi connectivity index (χ0v) is 14.3. The summed E-state index contributed by atoms with van der Waals surface area (Å²) in [5.74, 6) is -1.53. The molecule has 7 heteroatoms. The number of aromatic nitrogens is 2. The fourth-order valence-corrected chi connectivity index (χ4v) is 2.84. The van der Waals surface area contributed by atoms with Crippen LogP contribution < -0.4 is 0 Å². The topological polar surface area (TPSA) is 63.1 Å². The molecule has 0 bridgehead atoms. The Hall–Kier alpha value is -2.14. The van der Waals surface area contributed by atoms with Crippen LogP contribution >= 0.6 is 34.8 Å². The van der Waals surface area contributed by atoms with E-state index in [0.717, 1.165) is 5.56 Å². The highest BCUT2D eigenvalue weighted by atomic mass is 35.5. The second-order valence-electron chi connectivity index (χ2n) is 4.89. The molecule has 0 saturated heterocycles. The zero-order valence-electron chi connectivity index (χ0n) is 12.0. The lowest BCUT2D eigenvalue weighted by molar-refractivity contribution is 0.0683. The molecule has 0 radical (unpaired) electrons. The van der Waals surface area contributed by atoms with Crippen molar-refractivity contribution < 1.29 is 9.90 Å². The lowest BCUT2D eigenvalue weighted by Gasteiger charge is -2.11. The summed E-state index contributed by atoms with van der Waals surface area (Å²) < 4.78 is 0. The van der Waals surface area contributed by atoms with Gasteiger partial charge in [0.05, 0.1) is 10.7 Å². The Morgan fingerprint density at radius 3 is 2.21 bits per heavy atom. The molecule has 4 nitrogen and oxygen atoms in total. The van der Waals surface area contributed by atoms with Gasteiger partial charge in [-0.1, -0.05) is 46.9 Å². The van der Waals surface area contributed by atoms with Gasteiger partial charge in [0.2, 0.25) is 5.82 Å². The molecule has 0 aliphatic heterocycles. The lowest BCUT2D eigenvalue weighted by Crippen LogP contribution is -2.06. The van der Waals surface area contributed by atoms with E-state index in [-0.39, 0.29) is 5.82 Å². The van der Waals surface area contributed by atoms with Gasteiger partial charge in [-0.15, -0.1) is 0 Å². The summed E-state index contributed by atoms with van der Waals surface area (Å²) in [7, 11) is 0. The van der Waals surface area contributed by atoms with E-state index >= 15 is 0 Å². The average Bonchev–Trinajstić information content (AvgIpc) is 2.55. The molecule has 3 rings (SSSR count). The third-order valence-electron chi connectivity index (χ3n) is 3.32. The molecule has 0 amide bonds. The first-order valence-electron chi connectivity index (χ1n) is 6.77. The monoisotopic (exact) mass is 378 g/mol. The Morgan fingerprint density at radius 2 is 1.58 bits per heavy atom. The smallest absolute Gasteiger partial charge is 0.373 e. The van der Waals surface area contributed by atoms with Crippen LogP contribution in [0.4, 0.5) is 0 Å². The van der Waals surface area contributed by atoms with Crippen LogP contribution in [0.5, 0.6) is 0 Å². The van der Waals surface area contributed by atoms with Gasteiger partial charge >= 0.3 is 5.97 Å². The molecule has 0 fully saturated rings. The van der Waals surface area contributed by atoms with Crippen LogP contribution in [0.25, 0.3) is 22.4 Å². The van der Waals surface area contributed by atoms with Gasteiger partial charge in [-0.25, -0.2) is 14.8 Å². The molecule has 3 aromatic rings. The van der Waals surface area contributed by atoms with Gasteiger partial charge < -0.3 is 5.11 Å². The number of halogens is 3. The minimum Gasteiger partial charge on any atom is -0.475 e. The van der Waals surface area contributed by atoms with Crippen molar-refractivity contribution in [2.45, 2.75) is 0 Å². The summed E-state index contributed by atoms with van der Waals surface area (Å²) in [5.41, 5.74) is 2.40. The number of nitrogens with zero attached hydrogens (tertiary/aromatic N) is 2. The summed E-state index contributed by atoms with van der Waals surface area (Å²) in [4.78, 5) is 19.3. The van der Waals surface area contributed by atoms with Gasteiger partial charge in [0.1, 0.15) is 0 Å².